The van der Waals surface area contributed by atoms with Gasteiger partial charge in [0.05, 0.1) is 27.8 Å². The van der Waals surface area contributed by atoms with E-state index in [0.29, 0.717) is 29.7 Å². The molecule has 15 aromatic rings. The molecule has 0 saturated heterocycles. The number of hydrogen-bond acceptors (Lipinski definition) is 2. The lowest BCUT2D eigenvalue weighted by Gasteiger charge is -2.55. The minimum absolute atomic E-state index is 0.107. The van der Waals surface area contributed by atoms with Crippen LogP contribution in [0.2, 0.25) is 0 Å². The smallest absolute Gasteiger partial charge is 0.252 e. The summed E-state index contributed by atoms with van der Waals surface area (Å²) in [6.45, 7) is -0.107. The largest absolute Gasteiger partial charge is 0.339 e. The number of fused-ring (bicyclic) bond motifs is 12. The predicted octanol–water partition coefficient (Wildman–Crippen LogP) is 24.6. The summed E-state index contributed by atoms with van der Waals surface area (Å²) in [4.78, 5) is 5.95. The average Bonchev–Trinajstić information content (AvgIpc) is 0.794. The number of hydrogen-bond donors (Lipinski definition) is 0. The van der Waals surface area contributed by atoms with Crippen molar-refractivity contribution in [3.63, 3.8) is 0 Å². The number of allylic oxidation sites excluding steroid dienone is 4. The van der Waals surface area contributed by atoms with Crippen molar-refractivity contribution in [1.29, 1.82) is 0 Å². The maximum atomic E-state index is 3.13. The zero-order chi connectivity index (χ0) is 67.6. The van der Waals surface area contributed by atoms with Crippen molar-refractivity contribution in [2.24, 2.45) is 23.7 Å². The van der Waals surface area contributed by atoms with Crippen molar-refractivity contribution < 1.29 is 0 Å². The highest BCUT2D eigenvalue weighted by Crippen LogP contribution is 2.56. The molecule has 4 aliphatic carbocycles. The van der Waals surface area contributed by atoms with Gasteiger partial charge in [0.15, 0.2) is 0 Å². The minimum Gasteiger partial charge on any atom is -0.339 e. The molecule has 0 bridgehead atoms. The monoisotopic (exact) mass is 1330 g/mol. The first-order valence-electron chi connectivity index (χ1n) is 38.7. The van der Waals surface area contributed by atoms with Gasteiger partial charge in [0.1, 0.15) is 0 Å². The first-order chi connectivity index (χ1) is 51.1. The SMILES string of the molecule is C1=CC(c2cccc(-c3ccccc3)c2N2c3cc(-n4c5ccccc5c5ccccc54)ccc3B3c4ccc(-n5c6ccccc6c6ccccc65)cc4N(C4C(C5CCCCC5)CCCC4C4CCCCC4)c4cc(-c5ccc(-c6c7ccccc7cc7ccccc67)cc5)cc2c43)=CCC1. The molecule has 0 amide bonds. The predicted molar refractivity (Wildman–Crippen MR) is 438 cm³/mol. The van der Waals surface area contributed by atoms with E-state index in [-0.39, 0.29) is 6.71 Å². The molecule has 0 spiro atoms. The summed E-state index contributed by atoms with van der Waals surface area (Å²) in [5.74, 6) is 2.45. The van der Waals surface area contributed by atoms with Gasteiger partial charge in [0.25, 0.3) is 6.71 Å². The molecule has 2 aromatic heterocycles. The second-order valence-electron chi connectivity index (χ2n) is 30.8. The summed E-state index contributed by atoms with van der Waals surface area (Å²) in [7, 11) is 0. The molecule has 13 aromatic carbocycles. The Bertz CT molecular complexity index is 5750. The lowest BCUT2D eigenvalue weighted by molar-refractivity contribution is 0.0839. The van der Waals surface area contributed by atoms with Gasteiger partial charge in [0, 0.05) is 72.8 Å². The molecule has 3 fully saturated rings. The molecule has 0 radical (unpaired) electrons. The topological polar surface area (TPSA) is 16.3 Å². The Kier molecular flexibility index (Phi) is 14.8. The van der Waals surface area contributed by atoms with Crippen molar-refractivity contribution in [1.82, 2.24) is 9.13 Å². The molecule has 498 valence electrons. The summed E-state index contributed by atoms with van der Waals surface area (Å²) in [5.41, 5.74) is 27.9. The van der Waals surface area contributed by atoms with E-state index in [1.807, 2.05) is 0 Å². The Morgan fingerprint density at radius 1 is 0.330 bits per heavy atom. The van der Waals surface area contributed by atoms with Crippen LogP contribution in [0.3, 0.4) is 0 Å². The van der Waals surface area contributed by atoms with Gasteiger partial charge in [-0.2, -0.15) is 0 Å². The number of nitrogens with zero attached hydrogens (tertiary/aromatic N) is 4. The van der Waals surface area contributed by atoms with E-state index in [1.165, 1.54) is 244 Å². The molecule has 0 N–H and O–H groups in total. The second kappa shape index (κ2) is 25.0. The van der Waals surface area contributed by atoms with Gasteiger partial charge >= 0.3 is 0 Å². The summed E-state index contributed by atoms with van der Waals surface area (Å²) in [6.07, 6.45) is 26.6. The van der Waals surface area contributed by atoms with E-state index < -0.39 is 0 Å². The Morgan fingerprint density at radius 3 is 1.39 bits per heavy atom. The van der Waals surface area contributed by atoms with Gasteiger partial charge in [-0.05, 0) is 187 Å². The van der Waals surface area contributed by atoms with Crippen molar-refractivity contribution in [2.75, 3.05) is 9.80 Å². The fourth-order valence-electron chi connectivity index (χ4n) is 21.0. The van der Waals surface area contributed by atoms with Crippen LogP contribution >= 0.6 is 0 Å². The molecular weight excluding hydrogens is 1240 g/mol. The molecule has 4 nitrogen and oxygen atoms in total. The van der Waals surface area contributed by atoms with Crippen molar-refractivity contribution >= 4 is 122 Å². The lowest BCUT2D eigenvalue weighted by Crippen LogP contribution is -2.64. The van der Waals surface area contributed by atoms with E-state index in [2.05, 4.69) is 310 Å². The fourth-order valence-corrected chi connectivity index (χ4v) is 21.0. The van der Waals surface area contributed by atoms with Crippen LogP contribution in [-0.4, -0.2) is 21.9 Å². The highest BCUT2D eigenvalue weighted by Gasteiger charge is 2.51. The van der Waals surface area contributed by atoms with Crippen molar-refractivity contribution in [3.8, 4) is 44.8 Å². The van der Waals surface area contributed by atoms with E-state index >= 15 is 0 Å². The van der Waals surface area contributed by atoms with Crippen LogP contribution in [0.5, 0.6) is 0 Å². The van der Waals surface area contributed by atoms with Gasteiger partial charge in [0.2, 0.25) is 0 Å². The van der Waals surface area contributed by atoms with Crippen LogP contribution in [-0.2, 0) is 0 Å². The van der Waals surface area contributed by atoms with Gasteiger partial charge in [-0.25, -0.2) is 0 Å². The Morgan fingerprint density at radius 2 is 0.825 bits per heavy atom. The van der Waals surface area contributed by atoms with E-state index in [9.17, 15) is 0 Å². The van der Waals surface area contributed by atoms with Crippen LogP contribution in [0.15, 0.2) is 291 Å². The quantitative estimate of drug-likeness (QED) is 0.100. The first kappa shape index (κ1) is 60.8. The number of benzene rings is 13. The maximum absolute atomic E-state index is 3.13. The maximum Gasteiger partial charge on any atom is 0.252 e. The van der Waals surface area contributed by atoms with Gasteiger partial charge in [-0.3, -0.25) is 0 Å². The van der Waals surface area contributed by atoms with Crippen LogP contribution in [0, 0.1) is 23.7 Å². The molecule has 6 aliphatic rings. The van der Waals surface area contributed by atoms with Crippen LogP contribution in [0.4, 0.5) is 28.4 Å². The third-order valence-electron chi connectivity index (χ3n) is 25.4. The zero-order valence-electron chi connectivity index (χ0n) is 58.6. The van der Waals surface area contributed by atoms with E-state index in [4.69, 9.17) is 0 Å². The highest BCUT2D eigenvalue weighted by molar-refractivity contribution is 7.00. The molecule has 3 saturated carbocycles. The van der Waals surface area contributed by atoms with Gasteiger partial charge in [-0.15, -0.1) is 0 Å². The van der Waals surface area contributed by atoms with E-state index in [1.54, 1.807) is 0 Å². The third kappa shape index (κ3) is 9.85. The third-order valence-corrected chi connectivity index (χ3v) is 25.4. The summed E-state index contributed by atoms with van der Waals surface area (Å²) in [5, 5.41) is 10.2. The Labute approximate surface area is 605 Å². The molecule has 21 rings (SSSR count). The Hall–Kier alpha value is -10.9. The molecular formula is C98H83BN4. The second-order valence-corrected chi connectivity index (χ2v) is 30.8. The normalized spacial score (nSPS) is 18.5. The molecule has 4 heterocycles. The molecule has 2 unspecified atom stereocenters. The summed E-state index contributed by atoms with van der Waals surface area (Å²) >= 11 is 0. The standard InChI is InChI=1S/C98H83BN4/c1-5-27-65(28-6-1)77-43-25-44-78(66-29-7-2-8-30-66)97(77)102-91-62-73(100-87-47-21-17-39-81(87)82-40-18-22-48-88(82)100)55-57-85(91)99-86-58-56-74(101-89-49-23-19-41-83(89)84-42-20-24-50-90(84)101)63-92(86)103(98-79(67-31-9-3-10-32-67)45-26-46-80(98)68-33-11-4-12-34-68)94-61-72(60-93(102)96(94)99)64-51-53-69(54-52-64)95-75-37-15-13-35-70(75)59-71-36-14-16-38-76(71)95/h1,5-7,13-25,27-30,35-44,47-63,67-68,79-80,98H,2-4,8-12,26,31-34,45-46H2. The lowest BCUT2D eigenvalue weighted by atomic mass is 9.33. The van der Waals surface area contributed by atoms with Crippen molar-refractivity contribution in [2.45, 2.75) is 102 Å². The number of para-hydroxylation sites is 5. The molecule has 5 heteroatoms. The first-order valence-corrected chi connectivity index (χ1v) is 38.7. The number of aromatic nitrogens is 2. The van der Waals surface area contributed by atoms with Crippen LogP contribution in [0.25, 0.3) is 115 Å². The molecule has 103 heavy (non-hydrogen) atoms. The summed E-state index contributed by atoms with van der Waals surface area (Å²) in [6, 6.07) is 106. The number of anilines is 5. The number of rotatable bonds is 10. The fraction of sp³-hybridized carbons (Fsp3) is 0.204. The average molecular weight is 1330 g/mol. The molecule has 2 aliphatic heterocycles. The van der Waals surface area contributed by atoms with Crippen LogP contribution in [0.1, 0.15) is 102 Å². The van der Waals surface area contributed by atoms with E-state index in [0.717, 1.165) is 18.5 Å². The van der Waals surface area contributed by atoms with Gasteiger partial charge < -0.3 is 18.9 Å². The zero-order valence-corrected chi connectivity index (χ0v) is 58.6. The van der Waals surface area contributed by atoms with Crippen LogP contribution < -0.4 is 26.2 Å². The van der Waals surface area contributed by atoms with Gasteiger partial charge in [-0.1, -0.05) is 295 Å². The summed E-state index contributed by atoms with van der Waals surface area (Å²) < 4.78 is 5.15. The Balaban J connectivity index is 0.898. The highest BCUT2D eigenvalue weighted by atomic mass is 15.2. The van der Waals surface area contributed by atoms with Crippen molar-refractivity contribution in [3.05, 3.63) is 297 Å². The minimum atomic E-state index is -0.107. The molecule has 2 atom stereocenters.